The molecule has 1 aromatic heterocycles. The molecule has 21 heavy (non-hydrogen) atoms. The first kappa shape index (κ1) is 14.8. The average Bonchev–Trinajstić information content (AvgIpc) is 2.46. The standard InChI is InChI=1S/C15H16N2O4/c1-3-21-13(19)8-16-15(20)11-6-7-12(18)14-10(11)5-4-9(2)17-14/h4-7,18H,3,8H2,1-2H3,(H,16,20). The van der Waals surface area contributed by atoms with Gasteiger partial charge >= 0.3 is 5.97 Å². The van der Waals surface area contributed by atoms with Crippen LogP contribution in [0.1, 0.15) is 23.0 Å². The number of rotatable bonds is 4. The Morgan fingerprint density at radius 3 is 2.76 bits per heavy atom. The van der Waals surface area contributed by atoms with Crippen LogP contribution in [0.4, 0.5) is 0 Å². The van der Waals surface area contributed by atoms with Crippen molar-refractivity contribution in [3.63, 3.8) is 0 Å². The third kappa shape index (κ3) is 3.28. The van der Waals surface area contributed by atoms with E-state index in [4.69, 9.17) is 4.74 Å². The number of hydrogen-bond acceptors (Lipinski definition) is 5. The lowest BCUT2D eigenvalue weighted by Crippen LogP contribution is -2.30. The second kappa shape index (κ2) is 6.21. The Morgan fingerprint density at radius 1 is 1.29 bits per heavy atom. The summed E-state index contributed by atoms with van der Waals surface area (Å²) in [4.78, 5) is 27.6. The number of aromatic hydroxyl groups is 1. The number of fused-ring (bicyclic) bond motifs is 1. The summed E-state index contributed by atoms with van der Waals surface area (Å²) in [5.41, 5.74) is 1.44. The number of hydrogen-bond donors (Lipinski definition) is 2. The van der Waals surface area contributed by atoms with E-state index in [0.29, 0.717) is 16.5 Å². The van der Waals surface area contributed by atoms with Crippen LogP contribution in [0.5, 0.6) is 5.75 Å². The number of nitrogens with one attached hydrogen (secondary N) is 1. The van der Waals surface area contributed by atoms with Crippen molar-refractivity contribution in [3.8, 4) is 5.75 Å². The zero-order chi connectivity index (χ0) is 15.4. The van der Waals surface area contributed by atoms with Crippen LogP contribution in [-0.4, -0.2) is 35.1 Å². The third-order valence-corrected chi connectivity index (χ3v) is 2.92. The van der Waals surface area contributed by atoms with E-state index >= 15 is 0 Å². The van der Waals surface area contributed by atoms with Crippen molar-refractivity contribution in [2.24, 2.45) is 0 Å². The van der Waals surface area contributed by atoms with Gasteiger partial charge in [-0.3, -0.25) is 9.59 Å². The number of phenolic OH excluding ortho intramolecular Hbond substituents is 1. The van der Waals surface area contributed by atoms with Crippen LogP contribution in [0.15, 0.2) is 24.3 Å². The highest BCUT2D eigenvalue weighted by Crippen LogP contribution is 2.26. The zero-order valence-electron chi connectivity index (χ0n) is 11.8. The van der Waals surface area contributed by atoms with Gasteiger partial charge in [0.1, 0.15) is 17.8 Å². The maximum atomic E-state index is 12.1. The fraction of sp³-hybridized carbons (Fsp3) is 0.267. The molecule has 0 radical (unpaired) electrons. The Balaban J connectivity index is 2.28. The van der Waals surface area contributed by atoms with Gasteiger partial charge in [0.15, 0.2) is 0 Å². The summed E-state index contributed by atoms with van der Waals surface area (Å²) in [6.45, 7) is 3.56. The summed E-state index contributed by atoms with van der Waals surface area (Å²) < 4.78 is 4.74. The molecule has 0 atom stereocenters. The lowest BCUT2D eigenvalue weighted by molar-refractivity contribution is -0.141. The maximum Gasteiger partial charge on any atom is 0.325 e. The molecule has 2 rings (SSSR count). The Kier molecular flexibility index (Phi) is 4.37. The summed E-state index contributed by atoms with van der Waals surface area (Å²) in [6.07, 6.45) is 0. The van der Waals surface area contributed by atoms with Crippen molar-refractivity contribution in [2.45, 2.75) is 13.8 Å². The fourth-order valence-electron chi connectivity index (χ4n) is 1.96. The van der Waals surface area contributed by atoms with Gasteiger partial charge in [-0.1, -0.05) is 6.07 Å². The normalized spacial score (nSPS) is 10.4. The largest absolute Gasteiger partial charge is 0.506 e. The lowest BCUT2D eigenvalue weighted by atomic mass is 10.1. The molecule has 0 aliphatic rings. The Bertz CT molecular complexity index is 697. The second-order valence-corrected chi connectivity index (χ2v) is 4.47. The molecule has 1 amide bonds. The molecule has 0 aliphatic heterocycles. The summed E-state index contributed by atoms with van der Waals surface area (Å²) in [5.74, 6) is -0.905. The van der Waals surface area contributed by atoms with Crippen molar-refractivity contribution in [1.82, 2.24) is 10.3 Å². The van der Waals surface area contributed by atoms with Gasteiger partial charge in [-0.2, -0.15) is 0 Å². The van der Waals surface area contributed by atoms with Gasteiger partial charge in [-0.15, -0.1) is 0 Å². The summed E-state index contributed by atoms with van der Waals surface area (Å²) in [7, 11) is 0. The van der Waals surface area contributed by atoms with E-state index in [1.165, 1.54) is 12.1 Å². The van der Waals surface area contributed by atoms with E-state index in [0.717, 1.165) is 5.69 Å². The van der Waals surface area contributed by atoms with E-state index in [1.54, 1.807) is 26.0 Å². The molecular formula is C15H16N2O4. The zero-order valence-corrected chi connectivity index (χ0v) is 11.8. The van der Waals surface area contributed by atoms with Crippen LogP contribution in [-0.2, 0) is 9.53 Å². The predicted octanol–water partition coefficient (Wildman–Crippen LogP) is 1.54. The van der Waals surface area contributed by atoms with Crippen LogP contribution in [0.3, 0.4) is 0 Å². The van der Waals surface area contributed by atoms with Gasteiger partial charge in [0.25, 0.3) is 5.91 Å². The molecule has 1 heterocycles. The molecule has 6 heteroatoms. The smallest absolute Gasteiger partial charge is 0.325 e. The van der Waals surface area contributed by atoms with E-state index in [9.17, 15) is 14.7 Å². The van der Waals surface area contributed by atoms with Crippen LogP contribution in [0.25, 0.3) is 10.9 Å². The summed E-state index contributed by atoms with van der Waals surface area (Å²) in [6, 6.07) is 6.38. The minimum atomic E-state index is -0.497. The van der Waals surface area contributed by atoms with Crippen molar-refractivity contribution in [2.75, 3.05) is 13.2 Å². The molecule has 110 valence electrons. The molecule has 0 saturated carbocycles. The topological polar surface area (TPSA) is 88.5 Å². The van der Waals surface area contributed by atoms with Crippen molar-refractivity contribution in [3.05, 3.63) is 35.5 Å². The molecule has 0 saturated heterocycles. The van der Waals surface area contributed by atoms with Crippen LogP contribution >= 0.6 is 0 Å². The van der Waals surface area contributed by atoms with Crippen molar-refractivity contribution < 1.29 is 19.4 Å². The number of benzene rings is 1. The highest BCUT2D eigenvalue weighted by atomic mass is 16.5. The Labute approximate surface area is 121 Å². The molecule has 1 aromatic carbocycles. The number of aromatic nitrogens is 1. The number of carbonyl (C=O) groups excluding carboxylic acids is 2. The fourth-order valence-corrected chi connectivity index (χ4v) is 1.96. The maximum absolute atomic E-state index is 12.1. The number of carbonyl (C=O) groups is 2. The predicted molar refractivity (Wildman–Crippen MR) is 77.1 cm³/mol. The van der Waals surface area contributed by atoms with Gasteiger partial charge in [-0.05, 0) is 32.0 Å². The SMILES string of the molecule is CCOC(=O)CNC(=O)c1ccc(O)c2nc(C)ccc12. The van der Waals surface area contributed by atoms with Gasteiger partial charge in [-0.25, -0.2) is 4.98 Å². The molecule has 2 aromatic rings. The van der Waals surface area contributed by atoms with Crippen LogP contribution in [0, 0.1) is 6.92 Å². The van der Waals surface area contributed by atoms with Gasteiger partial charge in [0, 0.05) is 16.6 Å². The van der Waals surface area contributed by atoms with E-state index in [1.807, 2.05) is 0 Å². The summed E-state index contributed by atoms with van der Waals surface area (Å²) in [5, 5.41) is 12.8. The van der Waals surface area contributed by atoms with Gasteiger partial charge in [0.05, 0.1) is 6.61 Å². The molecule has 0 bridgehead atoms. The second-order valence-electron chi connectivity index (χ2n) is 4.47. The number of phenols is 1. The minimum absolute atomic E-state index is 0.00985. The monoisotopic (exact) mass is 288 g/mol. The molecule has 6 nitrogen and oxygen atoms in total. The number of amides is 1. The molecule has 2 N–H and O–H groups in total. The quantitative estimate of drug-likeness (QED) is 0.833. The number of pyridine rings is 1. The first-order chi connectivity index (χ1) is 10.0. The Hall–Kier alpha value is -2.63. The molecule has 0 spiro atoms. The molecular weight excluding hydrogens is 272 g/mol. The molecule has 0 fully saturated rings. The lowest BCUT2D eigenvalue weighted by Gasteiger charge is -2.09. The van der Waals surface area contributed by atoms with Crippen molar-refractivity contribution in [1.29, 1.82) is 0 Å². The average molecular weight is 288 g/mol. The summed E-state index contributed by atoms with van der Waals surface area (Å²) >= 11 is 0. The molecule has 0 unspecified atom stereocenters. The number of aryl methyl sites for hydroxylation is 1. The highest BCUT2D eigenvalue weighted by molar-refractivity contribution is 6.08. The first-order valence-corrected chi connectivity index (χ1v) is 6.56. The number of nitrogens with zero attached hydrogens (tertiary/aromatic N) is 1. The first-order valence-electron chi connectivity index (χ1n) is 6.56. The van der Waals surface area contributed by atoms with Gasteiger partial charge in [0.2, 0.25) is 0 Å². The van der Waals surface area contributed by atoms with Crippen LogP contribution < -0.4 is 5.32 Å². The van der Waals surface area contributed by atoms with Crippen molar-refractivity contribution >= 4 is 22.8 Å². The highest BCUT2D eigenvalue weighted by Gasteiger charge is 2.14. The van der Waals surface area contributed by atoms with E-state index in [2.05, 4.69) is 10.3 Å². The number of ether oxygens (including phenoxy) is 1. The minimum Gasteiger partial charge on any atom is -0.506 e. The van der Waals surface area contributed by atoms with Crippen LogP contribution in [0.2, 0.25) is 0 Å². The van der Waals surface area contributed by atoms with E-state index < -0.39 is 11.9 Å². The Morgan fingerprint density at radius 2 is 2.05 bits per heavy atom. The molecule has 0 aliphatic carbocycles. The van der Waals surface area contributed by atoms with Gasteiger partial charge < -0.3 is 15.2 Å². The third-order valence-electron chi connectivity index (χ3n) is 2.92. The number of esters is 1. The van der Waals surface area contributed by atoms with E-state index in [-0.39, 0.29) is 18.9 Å².